The lowest BCUT2D eigenvalue weighted by Crippen LogP contribution is -2.28. The molecule has 3 aromatic rings. The zero-order chi connectivity index (χ0) is 19.0. The molecule has 1 amide bonds. The number of nitrogens with zero attached hydrogens (tertiary/aromatic N) is 5. The van der Waals surface area contributed by atoms with Crippen LogP contribution >= 0.6 is 0 Å². The van der Waals surface area contributed by atoms with E-state index in [2.05, 4.69) is 20.3 Å². The fourth-order valence-corrected chi connectivity index (χ4v) is 3.58. The Bertz CT molecular complexity index is 1060. The first kappa shape index (κ1) is 17.3. The Morgan fingerprint density at radius 2 is 2.04 bits per heavy atom. The van der Waals surface area contributed by atoms with Crippen LogP contribution in [-0.2, 0) is 18.4 Å². The summed E-state index contributed by atoms with van der Waals surface area (Å²) in [4.78, 5) is 31.4. The molecule has 0 unspecified atom stereocenters. The molecular weight excluding hydrogens is 344 g/mol. The van der Waals surface area contributed by atoms with Crippen LogP contribution in [0.15, 0.2) is 35.5 Å². The zero-order valence-electron chi connectivity index (χ0n) is 15.5. The number of hydrogen-bond donors (Lipinski definition) is 1. The first-order valence-corrected chi connectivity index (χ1v) is 9.05. The van der Waals surface area contributed by atoms with Crippen molar-refractivity contribution in [2.24, 2.45) is 7.05 Å². The normalized spacial score (nSPS) is 14.1. The summed E-state index contributed by atoms with van der Waals surface area (Å²) in [7, 11) is 1.72. The van der Waals surface area contributed by atoms with Crippen molar-refractivity contribution >= 4 is 28.3 Å². The van der Waals surface area contributed by atoms with Gasteiger partial charge in [0.15, 0.2) is 5.65 Å². The fraction of sp³-hybridized carbons (Fsp3) is 0.368. The molecule has 4 rings (SSSR count). The molecule has 0 atom stereocenters. The Balaban J connectivity index is 1.49. The minimum atomic E-state index is -0.274. The van der Waals surface area contributed by atoms with Gasteiger partial charge in [-0.25, -0.2) is 4.98 Å². The van der Waals surface area contributed by atoms with Crippen LogP contribution in [0.5, 0.6) is 0 Å². The van der Waals surface area contributed by atoms with Gasteiger partial charge in [0, 0.05) is 31.5 Å². The van der Waals surface area contributed by atoms with E-state index in [-0.39, 0.29) is 18.0 Å². The van der Waals surface area contributed by atoms with Gasteiger partial charge in [-0.15, -0.1) is 0 Å². The summed E-state index contributed by atoms with van der Waals surface area (Å²) in [5, 5.41) is 7.30. The molecule has 0 saturated carbocycles. The second-order valence-corrected chi connectivity index (χ2v) is 6.93. The molecule has 0 aliphatic carbocycles. The highest BCUT2D eigenvalue weighted by Gasteiger charge is 2.15. The van der Waals surface area contributed by atoms with Crippen molar-refractivity contribution in [3.8, 4) is 0 Å². The lowest BCUT2D eigenvalue weighted by molar-refractivity contribution is -0.116. The average Bonchev–Trinajstić information content (AvgIpc) is 3.28. The molecule has 8 heteroatoms. The number of carbonyl (C=O) groups excluding carboxylic acids is 1. The molecule has 1 aliphatic heterocycles. The Labute approximate surface area is 156 Å². The van der Waals surface area contributed by atoms with Gasteiger partial charge in [0.05, 0.1) is 6.20 Å². The molecule has 0 radical (unpaired) electrons. The summed E-state index contributed by atoms with van der Waals surface area (Å²) in [6.07, 6.45) is 5.30. The van der Waals surface area contributed by atoms with Crippen molar-refractivity contribution in [2.75, 3.05) is 23.3 Å². The number of hydrogen-bond acceptors (Lipinski definition) is 5. The van der Waals surface area contributed by atoms with E-state index >= 15 is 0 Å². The molecular formula is C19H22N6O2. The largest absolute Gasteiger partial charge is 0.371 e. The van der Waals surface area contributed by atoms with Gasteiger partial charge in [0.2, 0.25) is 5.91 Å². The molecule has 140 valence electrons. The van der Waals surface area contributed by atoms with Gasteiger partial charge in [-0.3, -0.25) is 18.8 Å². The van der Waals surface area contributed by atoms with E-state index in [0.29, 0.717) is 11.0 Å². The molecule has 8 nitrogen and oxygen atoms in total. The van der Waals surface area contributed by atoms with Gasteiger partial charge < -0.3 is 10.2 Å². The van der Waals surface area contributed by atoms with E-state index in [1.807, 2.05) is 25.1 Å². The number of fused-ring (bicyclic) bond motifs is 1. The Kier molecular flexibility index (Phi) is 4.39. The average molecular weight is 366 g/mol. The lowest BCUT2D eigenvalue weighted by atomic mass is 10.1. The van der Waals surface area contributed by atoms with Crippen LogP contribution in [0.1, 0.15) is 18.4 Å². The number of aromatic nitrogens is 4. The SMILES string of the molecule is Cc1cc(NC(=O)Cn2cnc3c(cnn3C)c2=O)ccc1N1CCCC1. The van der Waals surface area contributed by atoms with Gasteiger partial charge in [-0.2, -0.15) is 5.10 Å². The highest BCUT2D eigenvalue weighted by Crippen LogP contribution is 2.26. The maximum atomic E-state index is 12.5. The summed E-state index contributed by atoms with van der Waals surface area (Å²) in [5.74, 6) is -0.268. The Hall–Kier alpha value is -3.16. The number of amides is 1. The number of aryl methyl sites for hydroxylation is 2. The molecule has 3 heterocycles. The molecule has 1 N–H and O–H groups in total. The van der Waals surface area contributed by atoms with Gasteiger partial charge >= 0.3 is 0 Å². The predicted octanol–water partition coefficient (Wildman–Crippen LogP) is 1.68. The van der Waals surface area contributed by atoms with E-state index < -0.39 is 0 Å². The van der Waals surface area contributed by atoms with Gasteiger partial charge in [-0.05, 0) is 43.5 Å². The molecule has 0 bridgehead atoms. The highest BCUT2D eigenvalue weighted by molar-refractivity contribution is 5.91. The van der Waals surface area contributed by atoms with Crippen LogP contribution in [0, 0.1) is 6.92 Å². The van der Waals surface area contributed by atoms with Crippen LogP contribution < -0.4 is 15.8 Å². The van der Waals surface area contributed by atoms with Crippen LogP contribution in [0.25, 0.3) is 11.0 Å². The maximum Gasteiger partial charge on any atom is 0.264 e. The second-order valence-electron chi connectivity index (χ2n) is 6.93. The van der Waals surface area contributed by atoms with E-state index in [9.17, 15) is 9.59 Å². The topological polar surface area (TPSA) is 85.0 Å². The van der Waals surface area contributed by atoms with Gasteiger partial charge in [0.1, 0.15) is 18.3 Å². The number of benzene rings is 1. The first-order chi connectivity index (χ1) is 13.0. The number of carbonyl (C=O) groups is 1. The number of nitrogens with one attached hydrogen (secondary N) is 1. The van der Waals surface area contributed by atoms with Crippen molar-refractivity contribution in [1.82, 2.24) is 19.3 Å². The summed E-state index contributed by atoms with van der Waals surface area (Å²) < 4.78 is 2.83. The summed E-state index contributed by atoms with van der Waals surface area (Å²) in [6, 6.07) is 5.92. The smallest absolute Gasteiger partial charge is 0.264 e. The molecule has 0 spiro atoms. The van der Waals surface area contributed by atoms with Crippen molar-refractivity contribution < 1.29 is 4.79 Å². The standard InChI is InChI=1S/C19H22N6O2/c1-13-9-14(5-6-16(13)24-7-3-4-8-24)22-17(26)11-25-12-20-18-15(19(25)27)10-21-23(18)2/h5-6,9-10,12H,3-4,7-8,11H2,1-2H3,(H,22,26). The molecule has 27 heavy (non-hydrogen) atoms. The summed E-state index contributed by atoms with van der Waals surface area (Å²) in [5.41, 5.74) is 3.30. The summed E-state index contributed by atoms with van der Waals surface area (Å²) in [6.45, 7) is 4.12. The third-order valence-corrected chi connectivity index (χ3v) is 4.96. The maximum absolute atomic E-state index is 12.5. The van der Waals surface area contributed by atoms with E-state index in [4.69, 9.17) is 0 Å². The van der Waals surface area contributed by atoms with Crippen LogP contribution in [-0.4, -0.2) is 38.3 Å². The minimum Gasteiger partial charge on any atom is -0.371 e. The zero-order valence-corrected chi connectivity index (χ0v) is 15.5. The molecule has 1 aliphatic rings. The van der Waals surface area contributed by atoms with E-state index in [0.717, 1.165) is 24.3 Å². The number of anilines is 2. The predicted molar refractivity (Wildman–Crippen MR) is 104 cm³/mol. The second kappa shape index (κ2) is 6.86. The van der Waals surface area contributed by atoms with E-state index in [1.165, 1.54) is 40.3 Å². The van der Waals surface area contributed by atoms with Crippen molar-refractivity contribution in [2.45, 2.75) is 26.3 Å². The van der Waals surface area contributed by atoms with E-state index in [1.54, 1.807) is 7.05 Å². The molecule has 2 aromatic heterocycles. The molecule has 1 aromatic carbocycles. The first-order valence-electron chi connectivity index (χ1n) is 9.05. The van der Waals surface area contributed by atoms with Crippen molar-refractivity contribution in [3.05, 3.63) is 46.6 Å². The van der Waals surface area contributed by atoms with Crippen molar-refractivity contribution in [1.29, 1.82) is 0 Å². The Morgan fingerprint density at radius 3 is 2.78 bits per heavy atom. The quantitative estimate of drug-likeness (QED) is 0.759. The van der Waals surface area contributed by atoms with Crippen LogP contribution in [0.4, 0.5) is 11.4 Å². The lowest BCUT2D eigenvalue weighted by Gasteiger charge is -2.20. The minimum absolute atomic E-state index is 0.0937. The van der Waals surface area contributed by atoms with Gasteiger partial charge in [-0.1, -0.05) is 0 Å². The Morgan fingerprint density at radius 1 is 1.26 bits per heavy atom. The third-order valence-electron chi connectivity index (χ3n) is 4.96. The molecule has 1 fully saturated rings. The highest BCUT2D eigenvalue weighted by atomic mass is 16.2. The third kappa shape index (κ3) is 3.30. The van der Waals surface area contributed by atoms with Gasteiger partial charge in [0.25, 0.3) is 5.56 Å². The fourth-order valence-electron chi connectivity index (χ4n) is 3.58. The number of rotatable bonds is 4. The summed E-state index contributed by atoms with van der Waals surface area (Å²) >= 11 is 0. The monoisotopic (exact) mass is 366 g/mol. The van der Waals surface area contributed by atoms with Crippen LogP contribution in [0.2, 0.25) is 0 Å². The van der Waals surface area contributed by atoms with Crippen LogP contribution in [0.3, 0.4) is 0 Å². The molecule has 1 saturated heterocycles. The van der Waals surface area contributed by atoms with Crippen molar-refractivity contribution in [3.63, 3.8) is 0 Å².